The first-order valence-electron chi connectivity index (χ1n) is 7.83. The van der Waals surface area contributed by atoms with Crippen LogP contribution < -0.4 is 5.32 Å². The highest BCUT2D eigenvalue weighted by molar-refractivity contribution is 5.38. The number of fused-ring (bicyclic) bond motifs is 1. The molecule has 1 heterocycles. The average Bonchev–Trinajstić information content (AvgIpc) is 3.14. The largest absolute Gasteiger partial charge is 0.339 e. The summed E-state index contributed by atoms with van der Waals surface area (Å²) in [6, 6.07) is 8.95. The van der Waals surface area contributed by atoms with Crippen LogP contribution in [0, 0.1) is 0 Å². The molecule has 0 saturated heterocycles. The Balaban J connectivity index is 1.83. The van der Waals surface area contributed by atoms with Gasteiger partial charge in [-0.25, -0.2) is 0 Å². The summed E-state index contributed by atoms with van der Waals surface area (Å²) in [4.78, 5) is 4.69. The second kappa shape index (κ2) is 5.98. The highest BCUT2D eigenvalue weighted by Crippen LogP contribution is 2.37. The smallest absolute Gasteiger partial charge is 0.231 e. The fourth-order valence-corrected chi connectivity index (χ4v) is 3.38. The van der Waals surface area contributed by atoms with E-state index in [0.717, 1.165) is 31.0 Å². The fraction of sp³-hybridized carbons (Fsp3) is 0.529. The number of likely N-dealkylation sites (N-methyl/N-ethyl adjacent to an activating group) is 1. The molecule has 1 aromatic carbocycles. The van der Waals surface area contributed by atoms with E-state index in [4.69, 9.17) is 9.51 Å². The molecule has 3 atom stereocenters. The molecular formula is C17H23N3O. The van der Waals surface area contributed by atoms with E-state index in [1.807, 2.05) is 7.05 Å². The van der Waals surface area contributed by atoms with Gasteiger partial charge in [-0.15, -0.1) is 0 Å². The molecule has 112 valence electrons. The van der Waals surface area contributed by atoms with Crippen LogP contribution in [-0.2, 0) is 6.42 Å². The molecule has 2 aromatic rings. The van der Waals surface area contributed by atoms with Gasteiger partial charge in [0.15, 0.2) is 5.82 Å². The van der Waals surface area contributed by atoms with Gasteiger partial charge in [0, 0.05) is 12.0 Å². The summed E-state index contributed by atoms with van der Waals surface area (Å²) in [5.41, 5.74) is 2.78. The molecule has 0 radical (unpaired) electrons. The second-order valence-corrected chi connectivity index (χ2v) is 5.87. The molecule has 1 aromatic heterocycles. The standard InChI is InChI=1S/C17H23N3O/c1-4-15(18-3)11(2)17-19-16(20-21-17)14-10-9-12-7-5-6-8-13(12)14/h5-8,11,14-15,18H,4,9-10H2,1-3H3. The monoisotopic (exact) mass is 285 g/mol. The Morgan fingerprint density at radius 1 is 1.38 bits per heavy atom. The van der Waals surface area contributed by atoms with E-state index in [2.05, 4.69) is 48.6 Å². The van der Waals surface area contributed by atoms with Gasteiger partial charge >= 0.3 is 0 Å². The maximum absolute atomic E-state index is 5.54. The molecule has 0 spiro atoms. The van der Waals surface area contributed by atoms with Gasteiger partial charge in [0.05, 0.1) is 5.92 Å². The Kier molecular flexibility index (Phi) is 4.06. The number of nitrogens with one attached hydrogen (secondary N) is 1. The van der Waals surface area contributed by atoms with Crippen LogP contribution in [0.3, 0.4) is 0 Å². The van der Waals surface area contributed by atoms with Gasteiger partial charge in [-0.3, -0.25) is 0 Å². The summed E-state index contributed by atoms with van der Waals surface area (Å²) in [6.07, 6.45) is 3.23. The third kappa shape index (κ3) is 2.60. The number of nitrogens with zero attached hydrogens (tertiary/aromatic N) is 2. The molecule has 0 fully saturated rings. The van der Waals surface area contributed by atoms with Crippen LogP contribution in [0.1, 0.15) is 61.4 Å². The summed E-state index contributed by atoms with van der Waals surface area (Å²) >= 11 is 0. The fourth-order valence-electron chi connectivity index (χ4n) is 3.38. The molecule has 1 aliphatic rings. The number of aromatic nitrogens is 2. The van der Waals surface area contributed by atoms with Crippen molar-refractivity contribution in [2.24, 2.45) is 0 Å². The van der Waals surface area contributed by atoms with Gasteiger partial charge in [0.1, 0.15) is 0 Å². The molecule has 4 heteroatoms. The van der Waals surface area contributed by atoms with Gasteiger partial charge in [0.25, 0.3) is 0 Å². The van der Waals surface area contributed by atoms with Gasteiger partial charge in [0.2, 0.25) is 5.89 Å². The zero-order chi connectivity index (χ0) is 14.8. The zero-order valence-corrected chi connectivity index (χ0v) is 13.0. The average molecular weight is 285 g/mol. The normalized spacial score (nSPS) is 20.2. The Labute approximate surface area is 126 Å². The van der Waals surface area contributed by atoms with E-state index in [0.29, 0.717) is 12.0 Å². The molecule has 3 unspecified atom stereocenters. The molecule has 21 heavy (non-hydrogen) atoms. The van der Waals surface area contributed by atoms with Crippen LogP contribution in [0.15, 0.2) is 28.8 Å². The van der Waals surface area contributed by atoms with Crippen LogP contribution in [0.25, 0.3) is 0 Å². The summed E-state index contributed by atoms with van der Waals surface area (Å²) in [7, 11) is 1.98. The van der Waals surface area contributed by atoms with Crippen molar-refractivity contribution in [3.8, 4) is 0 Å². The number of benzene rings is 1. The van der Waals surface area contributed by atoms with Crippen molar-refractivity contribution >= 4 is 0 Å². The minimum Gasteiger partial charge on any atom is -0.339 e. The molecule has 1 N–H and O–H groups in total. The molecule has 3 rings (SSSR count). The second-order valence-electron chi connectivity index (χ2n) is 5.87. The van der Waals surface area contributed by atoms with Crippen LogP contribution >= 0.6 is 0 Å². The van der Waals surface area contributed by atoms with Crippen LogP contribution in [0.2, 0.25) is 0 Å². The molecular weight excluding hydrogens is 262 g/mol. The first-order valence-corrected chi connectivity index (χ1v) is 7.83. The predicted molar refractivity (Wildman–Crippen MR) is 82.5 cm³/mol. The highest BCUT2D eigenvalue weighted by atomic mass is 16.5. The lowest BCUT2D eigenvalue weighted by Crippen LogP contribution is -2.30. The number of hydrogen-bond donors (Lipinski definition) is 1. The Bertz CT molecular complexity index is 604. The lowest BCUT2D eigenvalue weighted by molar-refractivity contribution is 0.323. The van der Waals surface area contributed by atoms with E-state index >= 15 is 0 Å². The lowest BCUT2D eigenvalue weighted by atomic mass is 9.99. The third-order valence-corrected chi connectivity index (χ3v) is 4.71. The zero-order valence-electron chi connectivity index (χ0n) is 13.0. The van der Waals surface area contributed by atoms with Crippen molar-refractivity contribution in [1.82, 2.24) is 15.5 Å². The number of rotatable bonds is 5. The minimum atomic E-state index is 0.234. The molecule has 0 aliphatic heterocycles. The quantitative estimate of drug-likeness (QED) is 0.916. The number of aryl methyl sites for hydroxylation is 1. The number of hydrogen-bond acceptors (Lipinski definition) is 4. The summed E-state index contributed by atoms with van der Waals surface area (Å²) in [5.74, 6) is 2.11. The van der Waals surface area contributed by atoms with Gasteiger partial charge in [-0.1, -0.05) is 43.3 Å². The molecule has 4 nitrogen and oxygen atoms in total. The van der Waals surface area contributed by atoms with Crippen molar-refractivity contribution in [2.45, 2.75) is 51.0 Å². The topological polar surface area (TPSA) is 51.0 Å². The molecule has 1 aliphatic carbocycles. The van der Waals surface area contributed by atoms with Gasteiger partial charge in [-0.05, 0) is 37.4 Å². The summed E-state index contributed by atoms with van der Waals surface area (Å²) in [5, 5.41) is 7.57. The van der Waals surface area contributed by atoms with Gasteiger partial charge in [-0.2, -0.15) is 4.98 Å². The first kappa shape index (κ1) is 14.3. The SMILES string of the molecule is CCC(NC)C(C)c1nc(C2CCc3ccccc32)no1. The van der Waals surface area contributed by atoms with Crippen LogP contribution in [0.4, 0.5) is 0 Å². The van der Waals surface area contributed by atoms with Crippen molar-refractivity contribution in [1.29, 1.82) is 0 Å². The lowest BCUT2D eigenvalue weighted by Gasteiger charge is -2.18. The van der Waals surface area contributed by atoms with E-state index < -0.39 is 0 Å². The molecule has 0 bridgehead atoms. The van der Waals surface area contributed by atoms with E-state index in [1.54, 1.807) is 0 Å². The Morgan fingerprint density at radius 3 is 2.95 bits per heavy atom. The predicted octanol–water partition coefficient (Wildman–Crippen LogP) is 3.25. The minimum absolute atomic E-state index is 0.234. The maximum atomic E-state index is 5.54. The van der Waals surface area contributed by atoms with Crippen LogP contribution in [-0.4, -0.2) is 23.2 Å². The molecule has 0 amide bonds. The Hall–Kier alpha value is -1.68. The van der Waals surface area contributed by atoms with Crippen LogP contribution in [0.5, 0.6) is 0 Å². The van der Waals surface area contributed by atoms with Crippen molar-refractivity contribution < 1.29 is 4.52 Å². The van der Waals surface area contributed by atoms with Crippen molar-refractivity contribution in [3.05, 3.63) is 47.1 Å². The first-order chi connectivity index (χ1) is 10.2. The molecule has 0 saturated carbocycles. The van der Waals surface area contributed by atoms with Crippen molar-refractivity contribution in [2.75, 3.05) is 7.05 Å². The maximum Gasteiger partial charge on any atom is 0.231 e. The Morgan fingerprint density at radius 2 is 2.19 bits per heavy atom. The van der Waals surface area contributed by atoms with E-state index in [9.17, 15) is 0 Å². The highest BCUT2D eigenvalue weighted by Gasteiger charge is 2.29. The van der Waals surface area contributed by atoms with E-state index in [1.165, 1.54) is 11.1 Å². The van der Waals surface area contributed by atoms with E-state index in [-0.39, 0.29) is 5.92 Å². The third-order valence-electron chi connectivity index (χ3n) is 4.71. The van der Waals surface area contributed by atoms with Gasteiger partial charge < -0.3 is 9.84 Å². The van der Waals surface area contributed by atoms with Crippen molar-refractivity contribution in [3.63, 3.8) is 0 Å². The summed E-state index contributed by atoms with van der Waals surface area (Å²) in [6.45, 7) is 4.31. The summed E-state index contributed by atoms with van der Waals surface area (Å²) < 4.78 is 5.54.